The first-order valence-corrected chi connectivity index (χ1v) is 5.40. The molecule has 0 aliphatic heterocycles. The molecule has 1 rings (SSSR count). The number of rotatable bonds is 8. The number of hydrogen-bond donors (Lipinski definition) is 1. The number of aromatic nitrogens is 3. The second kappa shape index (κ2) is 6.69. The summed E-state index contributed by atoms with van der Waals surface area (Å²) in [6.07, 6.45) is 3.22. The zero-order valence-corrected chi connectivity index (χ0v) is 9.63. The molecule has 0 saturated carbocycles. The number of hydrogen-bond acceptors (Lipinski definition) is 6. The van der Waals surface area contributed by atoms with Crippen molar-refractivity contribution in [2.45, 2.75) is 26.3 Å². The SMILES string of the molecule is CCCCNCC(=O)Cn1cc([N+](=O)[O-])nn1. The van der Waals surface area contributed by atoms with Gasteiger partial charge in [0.1, 0.15) is 17.8 Å². The third kappa shape index (κ3) is 4.68. The van der Waals surface area contributed by atoms with E-state index in [0.29, 0.717) is 0 Å². The van der Waals surface area contributed by atoms with E-state index in [9.17, 15) is 14.9 Å². The Labute approximate surface area is 98.1 Å². The molecule has 1 N–H and O–H groups in total. The maximum absolute atomic E-state index is 11.4. The van der Waals surface area contributed by atoms with Gasteiger partial charge in [0.25, 0.3) is 0 Å². The summed E-state index contributed by atoms with van der Waals surface area (Å²) in [5, 5.41) is 20.1. The smallest absolute Gasteiger partial charge is 0.358 e. The van der Waals surface area contributed by atoms with Crippen LogP contribution in [0.1, 0.15) is 19.8 Å². The summed E-state index contributed by atoms with van der Waals surface area (Å²) in [7, 11) is 0. The van der Waals surface area contributed by atoms with Crippen LogP contribution < -0.4 is 5.32 Å². The molecule has 8 nitrogen and oxygen atoms in total. The molecule has 0 spiro atoms. The first-order chi connectivity index (χ1) is 8.13. The standard InChI is InChI=1S/C9H15N5O3/c1-2-3-4-10-5-8(15)6-13-7-9(11-12-13)14(16)17/h7,10H,2-6H2,1H3. The van der Waals surface area contributed by atoms with Crippen molar-refractivity contribution in [3.63, 3.8) is 0 Å². The lowest BCUT2D eigenvalue weighted by Crippen LogP contribution is -2.27. The van der Waals surface area contributed by atoms with Crippen molar-refractivity contribution in [3.05, 3.63) is 16.3 Å². The molecule has 0 fully saturated rings. The maximum Gasteiger partial charge on any atom is 0.410 e. The van der Waals surface area contributed by atoms with Crippen LogP contribution in [0.4, 0.5) is 5.82 Å². The fraction of sp³-hybridized carbons (Fsp3) is 0.667. The number of carbonyl (C=O) groups is 1. The Hall–Kier alpha value is -1.83. The Bertz CT molecular complexity index is 390. The quantitative estimate of drug-likeness (QED) is 0.394. The molecule has 0 aliphatic rings. The molecule has 0 amide bonds. The Morgan fingerprint density at radius 1 is 1.65 bits per heavy atom. The number of carbonyl (C=O) groups excluding carboxylic acids is 1. The van der Waals surface area contributed by atoms with E-state index < -0.39 is 4.92 Å². The summed E-state index contributed by atoms with van der Waals surface area (Å²) in [5.74, 6) is -0.433. The van der Waals surface area contributed by atoms with Crippen LogP contribution in [0.2, 0.25) is 0 Å². The van der Waals surface area contributed by atoms with Gasteiger partial charge in [0, 0.05) is 0 Å². The summed E-state index contributed by atoms with van der Waals surface area (Å²) in [6.45, 7) is 3.10. The summed E-state index contributed by atoms with van der Waals surface area (Å²) in [6, 6.07) is 0. The molecule has 8 heteroatoms. The fourth-order valence-corrected chi connectivity index (χ4v) is 1.22. The molecular formula is C9H15N5O3. The third-order valence-corrected chi connectivity index (χ3v) is 2.08. The van der Waals surface area contributed by atoms with Crippen LogP contribution in [0.15, 0.2) is 6.20 Å². The molecule has 1 aromatic rings. The summed E-state index contributed by atoms with van der Waals surface area (Å²) < 4.78 is 1.17. The van der Waals surface area contributed by atoms with Gasteiger partial charge in [0.2, 0.25) is 0 Å². The molecule has 1 heterocycles. The molecule has 0 radical (unpaired) electrons. The Balaban J connectivity index is 2.32. The van der Waals surface area contributed by atoms with Crippen molar-refractivity contribution in [2.75, 3.05) is 13.1 Å². The zero-order chi connectivity index (χ0) is 12.7. The van der Waals surface area contributed by atoms with E-state index in [1.807, 2.05) is 0 Å². The average molecular weight is 241 g/mol. The first-order valence-electron chi connectivity index (χ1n) is 5.40. The first kappa shape index (κ1) is 13.2. The lowest BCUT2D eigenvalue weighted by Gasteiger charge is -2.01. The van der Waals surface area contributed by atoms with E-state index in [-0.39, 0.29) is 24.7 Å². The van der Waals surface area contributed by atoms with Crippen molar-refractivity contribution < 1.29 is 9.72 Å². The highest BCUT2D eigenvalue weighted by Crippen LogP contribution is 2.02. The largest absolute Gasteiger partial charge is 0.410 e. The molecule has 0 atom stereocenters. The molecule has 0 unspecified atom stereocenters. The van der Waals surface area contributed by atoms with E-state index in [0.717, 1.165) is 25.6 Å². The van der Waals surface area contributed by atoms with Gasteiger partial charge < -0.3 is 15.4 Å². The minimum Gasteiger partial charge on any atom is -0.358 e. The van der Waals surface area contributed by atoms with Crippen LogP contribution in [0, 0.1) is 10.1 Å². The topological polar surface area (TPSA) is 103 Å². The summed E-state index contributed by atoms with van der Waals surface area (Å²) in [4.78, 5) is 21.1. The van der Waals surface area contributed by atoms with Crippen molar-refractivity contribution >= 4 is 11.6 Å². The van der Waals surface area contributed by atoms with Crippen LogP contribution in [0.3, 0.4) is 0 Å². The van der Waals surface area contributed by atoms with Crippen LogP contribution in [0.25, 0.3) is 0 Å². The van der Waals surface area contributed by atoms with Gasteiger partial charge in [-0.1, -0.05) is 13.3 Å². The number of Topliss-reactive ketones (excluding diaryl/α,β-unsaturated/α-hetero) is 1. The van der Waals surface area contributed by atoms with E-state index in [2.05, 4.69) is 22.6 Å². The number of nitrogens with zero attached hydrogens (tertiary/aromatic N) is 4. The van der Waals surface area contributed by atoms with E-state index >= 15 is 0 Å². The maximum atomic E-state index is 11.4. The van der Waals surface area contributed by atoms with Crippen LogP contribution in [-0.2, 0) is 11.3 Å². The minimum absolute atomic E-state index is 0.0000347. The number of ketones is 1. The highest BCUT2D eigenvalue weighted by Gasteiger charge is 2.13. The Morgan fingerprint density at radius 3 is 3.00 bits per heavy atom. The minimum atomic E-state index is -0.645. The van der Waals surface area contributed by atoms with Gasteiger partial charge in [-0.2, -0.15) is 0 Å². The van der Waals surface area contributed by atoms with Crippen molar-refractivity contribution in [3.8, 4) is 0 Å². The second-order valence-electron chi connectivity index (χ2n) is 3.60. The van der Waals surface area contributed by atoms with Crippen LogP contribution in [0.5, 0.6) is 0 Å². The van der Waals surface area contributed by atoms with Gasteiger partial charge in [-0.05, 0) is 17.9 Å². The highest BCUT2D eigenvalue weighted by atomic mass is 16.6. The van der Waals surface area contributed by atoms with Crippen LogP contribution in [-0.4, -0.2) is 38.8 Å². The lowest BCUT2D eigenvalue weighted by molar-refractivity contribution is -0.389. The predicted octanol–water partition coefficient (Wildman–Crippen LogP) is 0.145. The van der Waals surface area contributed by atoms with Gasteiger partial charge in [0.15, 0.2) is 5.78 Å². The molecular weight excluding hydrogens is 226 g/mol. The number of unbranched alkanes of at least 4 members (excludes halogenated alkanes) is 1. The highest BCUT2D eigenvalue weighted by molar-refractivity contribution is 5.80. The summed E-state index contributed by atoms with van der Waals surface area (Å²) in [5.41, 5.74) is 0. The van der Waals surface area contributed by atoms with Gasteiger partial charge in [-0.15, -0.1) is 0 Å². The average Bonchev–Trinajstić information content (AvgIpc) is 2.73. The zero-order valence-electron chi connectivity index (χ0n) is 9.63. The van der Waals surface area contributed by atoms with Crippen molar-refractivity contribution in [1.29, 1.82) is 0 Å². The monoisotopic (exact) mass is 241 g/mol. The normalized spacial score (nSPS) is 10.4. The van der Waals surface area contributed by atoms with Crippen LogP contribution >= 0.6 is 0 Å². The molecule has 0 aromatic carbocycles. The lowest BCUT2D eigenvalue weighted by atomic mass is 10.3. The van der Waals surface area contributed by atoms with Gasteiger partial charge in [-0.25, -0.2) is 4.68 Å². The second-order valence-corrected chi connectivity index (χ2v) is 3.60. The summed E-state index contributed by atoms with van der Waals surface area (Å²) >= 11 is 0. The van der Waals surface area contributed by atoms with E-state index in [1.165, 1.54) is 4.68 Å². The van der Waals surface area contributed by atoms with E-state index in [4.69, 9.17) is 0 Å². The van der Waals surface area contributed by atoms with Crippen molar-refractivity contribution in [1.82, 2.24) is 20.3 Å². The van der Waals surface area contributed by atoms with Crippen molar-refractivity contribution in [2.24, 2.45) is 0 Å². The molecule has 0 saturated heterocycles. The van der Waals surface area contributed by atoms with Gasteiger partial charge in [0.05, 0.1) is 11.8 Å². The molecule has 1 aromatic heterocycles. The molecule has 17 heavy (non-hydrogen) atoms. The molecule has 94 valence electrons. The predicted molar refractivity (Wildman–Crippen MR) is 59.5 cm³/mol. The number of nitrogens with one attached hydrogen (secondary N) is 1. The molecule has 0 bridgehead atoms. The third-order valence-electron chi connectivity index (χ3n) is 2.08. The van der Waals surface area contributed by atoms with Gasteiger partial charge in [-0.3, -0.25) is 4.79 Å². The Kier molecular flexibility index (Phi) is 5.21. The fourth-order valence-electron chi connectivity index (χ4n) is 1.22. The van der Waals surface area contributed by atoms with Gasteiger partial charge >= 0.3 is 5.82 Å². The molecule has 0 aliphatic carbocycles. The van der Waals surface area contributed by atoms with E-state index in [1.54, 1.807) is 0 Å². The Morgan fingerprint density at radius 2 is 2.41 bits per heavy atom. The number of nitro groups is 1.